The predicted molar refractivity (Wildman–Crippen MR) is 65.1 cm³/mol. The summed E-state index contributed by atoms with van der Waals surface area (Å²) in [4.78, 5) is 24.7. The van der Waals surface area contributed by atoms with Crippen molar-refractivity contribution in [2.45, 2.75) is 10.9 Å². The number of carbonyl (C=O) groups is 2. The number of hydrogen-bond acceptors (Lipinski definition) is 4. The largest absolute Gasteiger partial charge is 0.480 e. The SMILES string of the molecule is CN1C(=O)CSc2cc(C(N)C(=O)O)ccc21. The molecule has 6 heteroatoms. The lowest BCUT2D eigenvalue weighted by Crippen LogP contribution is -2.31. The van der Waals surface area contributed by atoms with Gasteiger partial charge in [0, 0.05) is 11.9 Å². The molecule has 0 aromatic heterocycles. The molecule has 90 valence electrons. The van der Waals surface area contributed by atoms with Gasteiger partial charge in [0.25, 0.3) is 0 Å². The number of hydrogen-bond donors (Lipinski definition) is 2. The number of thioether (sulfide) groups is 1. The van der Waals surface area contributed by atoms with Gasteiger partial charge in [-0.15, -0.1) is 11.8 Å². The van der Waals surface area contributed by atoms with Gasteiger partial charge in [0.2, 0.25) is 5.91 Å². The summed E-state index contributed by atoms with van der Waals surface area (Å²) in [6.07, 6.45) is 0. The maximum Gasteiger partial charge on any atom is 0.325 e. The molecule has 1 aromatic rings. The summed E-state index contributed by atoms with van der Waals surface area (Å²) in [7, 11) is 1.71. The Hall–Kier alpha value is -1.53. The minimum Gasteiger partial charge on any atom is -0.480 e. The minimum atomic E-state index is -1.06. The Morgan fingerprint density at radius 1 is 1.59 bits per heavy atom. The Bertz CT molecular complexity index is 490. The zero-order valence-electron chi connectivity index (χ0n) is 9.21. The average molecular weight is 252 g/mol. The fourth-order valence-corrected chi connectivity index (χ4v) is 2.68. The van der Waals surface area contributed by atoms with Gasteiger partial charge in [-0.1, -0.05) is 6.07 Å². The lowest BCUT2D eigenvalue weighted by atomic mass is 10.1. The van der Waals surface area contributed by atoms with Gasteiger partial charge in [-0.05, 0) is 17.7 Å². The van der Waals surface area contributed by atoms with E-state index in [9.17, 15) is 9.59 Å². The van der Waals surface area contributed by atoms with Crippen LogP contribution in [0.3, 0.4) is 0 Å². The Morgan fingerprint density at radius 2 is 2.29 bits per heavy atom. The summed E-state index contributed by atoms with van der Waals surface area (Å²) in [5.74, 6) is -0.650. The number of anilines is 1. The normalized spacial score (nSPS) is 16.6. The predicted octanol–water partition coefficient (Wildman–Crippen LogP) is 0.839. The fraction of sp³-hybridized carbons (Fsp3) is 0.273. The van der Waals surface area contributed by atoms with Gasteiger partial charge in [0.15, 0.2) is 0 Å². The molecule has 0 saturated carbocycles. The summed E-state index contributed by atoms with van der Waals surface area (Å²) in [5.41, 5.74) is 6.89. The lowest BCUT2D eigenvalue weighted by molar-refractivity contribution is -0.138. The second-order valence-electron chi connectivity index (χ2n) is 3.78. The first-order chi connectivity index (χ1) is 8.00. The number of fused-ring (bicyclic) bond motifs is 1. The van der Waals surface area contributed by atoms with Crippen LogP contribution in [0.25, 0.3) is 0 Å². The van der Waals surface area contributed by atoms with E-state index in [2.05, 4.69) is 0 Å². The van der Waals surface area contributed by atoms with Crippen molar-refractivity contribution >= 4 is 29.3 Å². The first kappa shape index (κ1) is 11.9. The molecule has 1 heterocycles. The van der Waals surface area contributed by atoms with Crippen molar-refractivity contribution < 1.29 is 14.7 Å². The van der Waals surface area contributed by atoms with Crippen LogP contribution in [0.1, 0.15) is 11.6 Å². The van der Waals surface area contributed by atoms with Crippen LogP contribution in [0.2, 0.25) is 0 Å². The molecule has 5 nitrogen and oxygen atoms in total. The monoisotopic (exact) mass is 252 g/mol. The van der Waals surface area contributed by atoms with Gasteiger partial charge in [-0.25, -0.2) is 0 Å². The molecule has 1 unspecified atom stereocenters. The van der Waals surface area contributed by atoms with E-state index < -0.39 is 12.0 Å². The standard InChI is InChI=1S/C11H12N2O3S/c1-13-7-3-2-6(10(12)11(15)16)4-8(7)17-5-9(13)14/h2-4,10H,5,12H2,1H3,(H,15,16). The topological polar surface area (TPSA) is 83.6 Å². The van der Waals surface area contributed by atoms with E-state index >= 15 is 0 Å². The van der Waals surface area contributed by atoms with E-state index in [1.54, 1.807) is 30.1 Å². The molecule has 0 spiro atoms. The first-order valence-electron chi connectivity index (χ1n) is 5.02. The maximum atomic E-state index is 11.5. The number of nitrogens with two attached hydrogens (primary N) is 1. The second kappa shape index (κ2) is 4.38. The number of nitrogens with zero attached hydrogens (tertiary/aromatic N) is 1. The van der Waals surface area contributed by atoms with Crippen LogP contribution in [0.5, 0.6) is 0 Å². The number of rotatable bonds is 2. The first-order valence-corrected chi connectivity index (χ1v) is 6.01. The van der Waals surface area contributed by atoms with Crippen LogP contribution in [-0.4, -0.2) is 29.8 Å². The van der Waals surface area contributed by atoms with Crippen molar-refractivity contribution in [3.05, 3.63) is 23.8 Å². The third-order valence-corrected chi connectivity index (χ3v) is 3.72. The van der Waals surface area contributed by atoms with Crippen molar-refractivity contribution in [3.63, 3.8) is 0 Å². The van der Waals surface area contributed by atoms with Crippen molar-refractivity contribution in [2.24, 2.45) is 5.73 Å². The van der Waals surface area contributed by atoms with E-state index in [4.69, 9.17) is 10.8 Å². The highest BCUT2D eigenvalue weighted by Crippen LogP contribution is 2.35. The third kappa shape index (κ3) is 2.13. The molecular weight excluding hydrogens is 240 g/mol. The third-order valence-electron chi connectivity index (χ3n) is 2.70. The van der Waals surface area contributed by atoms with Crippen molar-refractivity contribution in [1.29, 1.82) is 0 Å². The minimum absolute atomic E-state index is 0.0396. The molecule has 1 amide bonds. The van der Waals surface area contributed by atoms with Crippen molar-refractivity contribution in [1.82, 2.24) is 0 Å². The second-order valence-corrected chi connectivity index (χ2v) is 4.80. The molecule has 17 heavy (non-hydrogen) atoms. The lowest BCUT2D eigenvalue weighted by Gasteiger charge is -2.25. The highest BCUT2D eigenvalue weighted by Gasteiger charge is 2.23. The molecule has 1 aromatic carbocycles. The van der Waals surface area contributed by atoms with Gasteiger partial charge >= 0.3 is 5.97 Å². The Balaban J connectivity index is 2.39. The highest BCUT2D eigenvalue weighted by molar-refractivity contribution is 8.00. The number of carboxylic acids is 1. The number of aliphatic carboxylic acids is 1. The average Bonchev–Trinajstić information content (AvgIpc) is 2.32. The van der Waals surface area contributed by atoms with Gasteiger partial charge in [0.1, 0.15) is 6.04 Å². The summed E-state index contributed by atoms with van der Waals surface area (Å²) in [6, 6.07) is 4.09. The van der Waals surface area contributed by atoms with E-state index in [-0.39, 0.29) is 5.91 Å². The molecule has 0 fully saturated rings. The van der Waals surface area contributed by atoms with Gasteiger partial charge in [0.05, 0.1) is 11.4 Å². The van der Waals surface area contributed by atoms with Gasteiger partial charge in [-0.2, -0.15) is 0 Å². The number of carbonyl (C=O) groups excluding carboxylic acids is 1. The summed E-state index contributed by atoms with van der Waals surface area (Å²) >= 11 is 1.40. The Kier molecular flexibility index (Phi) is 3.08. The van der Waals surface area contributed by atoms with E-state index in [0.29, 0.717) is 11.3 Å². The molecule has 1 atom stereocenters. The van der Waals surface area contributed by atoms with Crippen LogP contribution < -0.4 is 10.6 Å². The fourth-order valence-electron chi connectivity index (χ4n) is 1.63. The van der Waals surface area contributed by atoms with Gasteiger partial charge < -0.3 is 15.7 Å². The molecule has 0 bridgehead atoms. The summed E-state index contributed by atoms with van der Waals surface area (Å²) in [5, 5.41) is 8.84. The molecular formula is C11H12N2O3S. The molecule has 0 aliphatic carbocycles. The Morgan fingerprint density at radius 3 is 2.94 bits per heavy atom. The van der Waals surface area contributed by atoms with Crippen molar-refractivity contribution in [2.75, 3.05) is 17.7 Å². The van der Waals surface area contributed by atoms with Crippen LogP contribution in [0.4, 0.5) is 5.69 Å². The summed E-state index contributed by atoms with van der Waals surface area (Å²) < 4.78 is 0. The Labute approximate surface area is 103 Å². The van der Waals surface area contributed by atoms with Crippen LogP contribution >= 0.6 is 11.8 Å². The van der Waals surface area contributed by atoms with E-state index in [1.165, 1.54) is 11.8 Å². The number of amides is 1. The zero-order chi connectivity index (χ0) is 12.6. The molecule has 2 rings (SSSR count). The van der Waals surface area contributed by atoms with Crippen LogP contribution in [-0.2, 0) is 9.59 Å². The molecule has 1 aliphatic rings. The molecule has 3 N–H and O–H groups in total. The molecule has 1 aliphatic heterocycles. The number of carboxylic acid groups (broad SMARTS) is 1. The summed E-state index contributed by atoms with van der Waals surface area (Å²) in [6.45, 7) is 0. The van der Waals surface area contributed by atoms with Crippen molar-refractivity contribution in [3.8, 4) is 0 Å². The molecule has 0 saturated heterocycles. The van der Waals surface area contributed by atoms with E-state index in [0.717, 1.165) is 10.6 Å². The van der Waals surface area contributed by atoms with E-state index in [1.807, 2.05) is 0 Å². The van der Waals surface area contributed by atoms with Gasteiger partial charge in [-0.3, -0.25) is 9.59 Å². The zero-order valence-corrected chi connectivity index (χ0v) is 10.0. The highest BCUT2D eigenvalue weighted by atomic mass is 32.2. The quantitative estimate of drug-likeness (QED) is 0.815. The smallest absolute Gasteiger partial charge is 0.325 e. The van der Waals surface area contributed by atoms with Crippen LogP contribution in [0, 0.1) is 0 Å². The van der Waals surface area contributed by atoms with Crippen LogP contribution in [0.15, 0.2) is 23.1 Å². The number of benzene rings is 1. The molecule has 0 radical (unpaired) electrons. The maximum absolute atomic E-state index is 11.5.